The molecular weight excluding hydrogens is 354 g/mol. The summed E-state index contributed by atoms with van der Waals surface area (Å²) in [7, 11) is 0. The Morgan fingerprint density at radius 2 is 2.14 bits per heavy atom. The minimum atomic E-state index is -0.0754. The topological polar surface area (TPSA) is 87.0 Å². The zero-order valence-electron chi connectivity index (χ0n) is 16.4. The maximum atomic E-state index is 11.3. The summed E-state index contributed by atoms with van der Waals surface area (Å²) in [5.41, 5.74) is 5.08. The number of imidazole rings is 1. The number of rotatable bonds is 5. The van der Waals surface area contributed by atoms with Gasteiger partial charge < -0.3 is 14.7 Å². The monoisotopic (exact) mass is 379 g/mol. The van der Waals surface area contributed by atoms with Crippen LogP contribution in [0.3, 0.4) is 0 Å². The molecule has 2 N–H and O–H groups in total. The zero-order valence-corrected chi connectivity index (χ0v) is 16.4. The summed E-state index contributed by atoms with van der Waals surface area (Å²) in [6, 6.07) is 8.00. The standard InChI is InChI=1S/C21H25N5O2/c1-13(2)21-25-17(11-28-21)10-26-9-8-18-19(23-12-22-18)20(26)15-4-6-16(7-5-15)24-14(3)27/h4-7,11-13,20H,8-10H2,1-3H3,(H,22,23)(H,24,27)/t20-/m1/s1. The third kappa shape index (κ3) is 3.71. The molecule has 2 aromatic heterocycles. The van der Waals surface area contributed by atoms with Crippen LogP contribution in [-0.2, 0) is 17.8 Å². The lowest BCUT2D eigenvalue weighted by Crippen LogP contribution is -2.36. The fraction of sp³-hybridized carbons (Fsp3) is 0.381. The number of hydrogen-bond donors (Lipinski definition) is 2. The number of fused-ring (bicyclic) bond motifs is 1. The number of anilines is 1. The Morgan fingerprint density at radius 3 is 2.82 bits per heavy atom. The van der Waals surface area contributed by atoms with Gasteiger partial charge in [0.15, 0.2) is 5.89 Å². The maximum Gasteiger partial charge on any atom is 0.221 e. The van der Waals surface area contributed by atoms with Crippen LogP contribution in [0.5, 0.6) is 0 Å². The summed E-state index contributed by atoms with van der Waals surface area (Å²) >= 11 is 0. The SMILES string of the molecule is CC(=O)Nc1ccc([C@@H]2c3nc[nH]c3CCN2Cc2coc(C(C)C)n2)cc1. The Labute approximate surface area is 164 Å². The molecule has 1 aromatic carbocycles. The summed E-state index contributed by atoms with van der Waals surface area (Å²) in [5, 5.41) is 2.82. The van der Waals surface area contributed by atoms with E-state index in [4.69, 9.17) is 4.42 Å². The Bertz CT molecular complexity index is 957. The quantitative estimate of drug-likeness (QED) is 0.707. The van der Waals surface area contributed by atoms with Gasteiger partial charge in [-0.2, -0.15) is 0 Å². The van der Waals surface area contributed by atoms with E-state index in [9.17, 15) is 4.79 Å². The molecule has 0 saturated heterocycles. The Kier molecular flexibility index (Phi) is 5.00. The van der Waals surface area contributed by atoms with Gasteiger partial charge in [0.05, 0.1) is 23.8 Å². The average Bonchev–Trinajstić information content (AvgIpc) is 3.31. The number of H-pyrrole nitrogens is 1. The smallest absolute Gasteiger partial charge is 0.221 e. The molecule has 0 bridgehead atoms. The van der Waals surface area contributed by atoms with Gasteiger partial charge in [-0.1, -0.05) is 26.0 Å². The van der Waals surface area contributed by atoms with Crippen LogP contribution in [0.15, 0.2) is 41.3 Å². The van der Waals surface area contributed by atoms with Crippen molar-refractivity contribution in [1.29, 1.82) is 0 Å². The number of benzene rings is 1. The molecule has 146 valence electrons. The van der Waals surface area contributed by atoms with Crippen molar-refractivity contribution in [2.75, 3.05) is 11.9 Å². The van der Waals surface area contributed by atoms with Crippen LogP contribution in [0.2, 0.25) is 0 Å². The summed E-state index contributed by atoms with van der Waals surface area (Å²) < 4.78 is 5.62. The lowest BCUT2D eigenvalue weighted by atomic mass is 9.95. The third-order valence-electron chi connectivity index (χ3n) is 5.00. The number of nitrogens with one attached hydrogen (secondary N) is 2. The van der Waals surface area contributed by atoms with E-state index in [1.807, 2.05) is 12.1 Å². The van der Waals surface area contributed by atoms with E-state index < -0.39 is 0 Å². The number of aromatic amines is 1. The molecule has 7 nitrogen and oxygen atoms in total. The van der Waals surface area contributed by atoms with Crippen molar-refractivity contribution in [1.82, 2.24) is 19.9 Å². The molecule has 0 unspecified atom stereocenters. The Balaban J connectivity index is 1.63. The van der Waals surface area contributed by atoms with E-state index in [0.717, 1.165) is 41.5 Å². The van der Waals surface area contributed by atoms with Gasteiger partial charge in [-0.3, -0.25) is 9.69 Å². The molecule has 3 heterocycles. The molecule has 0 spiro atoms. The normalized spacial score (nSPS) is 16.9. The van der Waals surface area contributed by atoms with Gasteiger partial charge in [-0.15, -0.1) is 0 Å². The van der Waals surface area contributed by atoms with Gasteiger partial charge in [-0.05, 0) is 17.7 Å². The molecule has 7 heteroatoms. The highest BCUT2D eigenvalue weighted by Gasteiger charge is 2.31. The first-order chi connectivity index (χ1) is 13.5. The van der Waals surface area contributed by atoms with E-state index in [2.05, 4.69) is 51.1 Å². The maximum absolute atomic E-state index is 11.3. The highest BCUT2D eigenvalue weighted by Crippen LogP contribution is 2.35. The average molecular weight is 379 g/mol. The Morgan fingerprint density at radius 1 is 1.36 bits per heavy atom. The second-order valence-electron chi connectivity index (χ2n) is 7.52. The number of nitrogens with zero attached hydrogens (tertiary/aromatic N) is 3. The van der Waals surface area contributed by atoms with Crippen molar-refractivity contribution in [2.24, 2.45) is 0 Å². The van der Waals surface area contributed by atoms with E-state index >= 15 is 0 Å². The van der Waals surface area contributed by atoms with Crippen molar-refractivity contribution >= 4 is 11.6 Å². The molecule has 3 aromatic rings. The molecule has 1 aliphatic heterocycles. The van der Waals surface area contributed by atoms with Crippen molar-refractivity contribution in [3.8, 4) is 0 Å². The number of oxazole rings is 1. The number of aromatic nitrogens is 3. The van der Waals surface area contributed by atoms with Gasteiger partial charge in [0.1, 0.15) is 6.26 Å². The number of hydrogen-bond acceptors (Lipinski definition) is 5. The highest BCUT2D eigenvalue weighted by atomic mass is 16.3. The lowest BCUT2D eigenvalue weighted by molar-refractivity contribution is -0.114. The molecule has 1 amide bonds. The van der Waals surface area contributed by atoms with Gasteiger partial charge in [-0.25, -0.2) is 9.97 Å². The zero-order chi connectivity index (χ0) is 19.7. The third-order valence-corrected chi connectivity index (χ3v) is 5.00. The van der Waals surface area contributed by atoms with Gasteiger partial charge >= 0.3 is 0 Å². The number of amides is 1. The largest absolute Gasteiger partial charge is 0.448 e. The second kappa shape index (κ2) is 7.59. The molecule has 1 atom stereocenters. The predicted molar refractivity (Wildman–Crippen MR) is 106 cm³/mol. The highest BCUT2D eigenvalue weighted by molar-refractivity contribution is 5.88. The number of carbonyl (C=O) groups excluding carboxylic acids is 1. The summed E-state index contributed by atoms with van der Waals surface area (Å²) in [4.78, 5) is 26.2. The van der Waals surface area contributed by atoms with Crippen LogP contribution in [0, 0.1) is 0 Å². The van der Waals surface area contributed by atoms with Crippen LogP contribution in [0.1, 0.15) is 61.3 Å². The minimum absolute atomic E-state index is 0.0283. The van der Waals surface area contributed by atoms with Crippen LogP contribution in [-0.4, -0.2) is 32.3 Å². The lowest BCUT2D eigenvalue weighted by Gasteiger charge is -2.34. The van der Waals surface area contributed by atoms with Crippen molar-refractivity contribution < 1.29 is 9.21 Å². The van der Waals surface area contributed by atoms with Crippen molar-refractivity contribution in [2.45, 2.75) is 45.7 Å². The molecule has 1 aliphatic rings. The summed E-state index contributed by atoms with van der Waals surface area (Å²) in [6.45, 7) is 7.26. The van der Waals surface area contributed by atoms with Crippen LogP contribution in [0.25, 0.3) is 0 Å². The van der Waals surface area contributed by atoms with Crippen molar-refractivity contribution in [3.05, 3.63) is 65.4 Å². The first kappa shape index (κ1) is 18.4. The minimum Gasteiger partial charge on any atom is -0.448 e. The molecule has 4 rings (SSSR count). The fourth-order valence-corrected chi connectivity index (χ4v) is 3.68. The summed E-state index contributed by atoms with van der Waals surface area (Å²) in [6.07, 6.45) is 4.44. The van der Waals surface area contributed by atoms with Crippen LogP contribution < -0.4 is 5.32 Å². The van der Waals surface area contributed by atoms with Crippen LogP contribution >= 0.6 is 0 Å². The molecule has 0 aliphatic carbocycles. The van der Waals surface area contributed by atoms with Crippen molar-refractivity contribution in [3.63, 3.8) is 0 Å². The summed E-state index contributed by atoms with van der Waals surface area (Å²) in [5.74, 6) is 0.961. The molecule has 0 radical (unpaired) electrons. The molecular formula is C21H25N5O2. The van der Waals surface area contributed by atoms with E-state index in [0.29, 0.717) is 6.54 Å². The first-order valence-electron chi connectivity index (χ1n) is 9.59. The van der Waals surface area contributed by atoms with Gasteiger partial charge in [0.2, 0.25) is 5.91 Å². The Hall–Kier alpha value is -2.93. The van der Waals surface area contributed by atoms with E-state index in [1.54, 1.807) is 12.6 Å². The second-order valence-corrected chi connectivity index (χ2v) is 7.52. The van der Waals surface area contributed by atoms with Gasteiger partial charge in [0, 0.05) is 43.7 Å². The van der Waals surface area contributed by atoms with E-state index in [-0.39, 0.29) is 17.9 Å². The molecule has 0 saturated carbocycles. The van der Waals surface area contributed by atoms with E-state index in [1.165, 1.54) is 12.6 Å². The number of carbonyl (C=O) groups is 1. The molecule has 28 heavy (non-hydrogen) atoms. The fourth-order valence-electron chi connectivity index (χ4n) is 3.68. The van der Waals surface area contributed by atoms with Gasteiger partial charge in [0.25, 0.3) is 0 Å². The molecule has 0 fully saturated rings. The predicted octanol–water partition coefficient (Wildman–Crippen LogP) is 3.63. The van der Waals surface area contributed by atoms with Crippen LogP contribution in [0.4, 0.5) is 5.69 Å². The first-order valence-corrected chi connectivity index (χ1v) is 9.59.